The van der Waals surface area contributed by atoms with Crippen LogP contribution in [0, 0.1) is 11.8 Å². The fourth-order valence-corrected chi connectivity index (χ4v) is 10.3. The molecular formula is C43H60N2O5. The van der Waals surface area contributed by atoms with E-state index in [0.717, 1.165) is 88.0 Å². The van der Waals surface area contributed by atoms with Gasteiger partial charge in [0, 0.05) is 55.1 Å². The summed E-state index contributed by atoms with van der Waals surface area (Å²) in [5.74, 6) is 2.25. The van der Waals surface area contributed by atoms with Crippen LogP contribution in [-0.4, -0.2) is 64.6 Å². The van der Waals surface area contributed by atoms with Gasteiger partial charge in [-0.25, -0.2) is 0 Å². The number of phenolic OH excluding ortho intramolecular Hbond substituents is 1. The van der Waals surface area contributed by atoms with Gasteiger partial charge in [-0.15, -0.1) is 0 Å². The average molecular weight is 685 g/mol. The van der Waals surface area contributed by atoms with Gasteiger partial charge in [0.15, 0.2) is 11.5 Å². The third kappa shape index (κ3) is 7.18. The Kier molecular flexibility index (Phi) is 11.1. The molecule has 2 aliphatic heterocycles. The van der Waals surface area contributed by atoms with E-state index in [4.69, 9.17) is 9.47 Å². The molecule has 272 valence electrons. The van der Waals surface area contributed by atoms with Crippen LogP contribution in [0.5, 0.6) is 17.2 Å². The quantitative estimate of drug-likeness (QED) is 0.0964. The van der Waals surface area contributed by atoms with Gasteiger partial charge in [0.25, 0.3) is 0 Å². The molecule has 1 amide bonds. The van der Waals surface area contributed by atoms with Gasteiger partial charge >= 0.3 is 5.97 Å². The number of aryl methyl sites for hydroxylation is 1. The average Bonchev–Trinajstić information content (AvgIpc) is 3.86. The predicted molar refractivity (Wildman–Crippen MR) is 197 cm³/mol. The lowest BCUT2D eigenvalue weighted by Crippen LogP contribution is -2.69. The van der Waals surface area contributed by atoms with Crippen LogP contribution >= 0.6 is 0 Å². The monoisotopic (exact) mass is 684 g/mol. The van der Waals surface area contributed by atoms with Crippen LogP contribution in [0.25, 0.3) is 0 Å². The zero-order valence-corrected chi connectivity index (χ0v) is 30.7. The molecule has 2 aromatic carbocycles. The minimum atomic E-state index is -0.416. The van der Waals surface area contributed by atoms with Gasteiger partial charge < -0.3 is 19.5 Å². The van der Waals surface area contributed by atoms with Crippen molar-refractivity contribution in [3.63, 3.8) is 0 Å². The number of piperidine rings is 1. The van der Waals surface area contributed by atoms with Gasteiger partial charge in [-0.05, 0) is 88.2 Å². The van der Waals surface area contributed by atoms with Crippen LogP contribution in [0.4, 0.5) is 0 Å². The number of aromatic hydroxyl groups is 1. The number of esters is 1. The number of carbonyl (C=O) groups excluding carboxylic acids is 2. The standard InChI is InChI=1S/C43H60N2O5/c1-3-4-25-45(39(48)19-15-10-8-6-5-7-9-12-16-31-17-13-11-14-18-31)35-23-22-34-36-27-33-37(47)28-38(49-30(2)46)41-40(33)43(34,42(35)50-41)24-26-44(36)29-32-20-21-32/h11,13-14,17-18,28,32,34-36,42,47H,3-10,12,15-16,19-27,29H2,1-2H3/t34-,35+,36+,42-,43-/m0/s1. The maximum absolute atomic E-state index is 14.2. The molecule has 5 atom stereocenters. The molecule has 3 fully saturated rings. The van der Waals surface area contributed by atoms with Crippen molar-refractivity contribution in [2.24, 2.45) is 11.8 Å². The normalized spacial score (nSPS) is 26.3. The maximum atomic E-state index is 14.2. The van der Waals surface area contributed by atoms with Crippen molar-refractivity contribution in [3.05, 3.63) is 53.1 Å². The second kappa shape index (κ2) is 15.7. The van der Waals surface area contributed by atoms with Crippen molar-refractivity contribution >= 4 is 11.9 Å². The summed E-state index contributed by atoms with van der Waals surface area (Å²) in [6, 6.07) is 12.7. The summed E-state index contributed by atoms with van der Waals surface area (Å²) >= 11 is 0. The van der Waals surface area contributed by atoms with E-state index in [0.29, 0.717) is 29.9 Å². The number of nitrogens with zero attached hydrogens (tertiary/aromatic N) is 2. The van der Waals surface area contributed by atoms with Gasteiger partial charge in [-0.3, -0.25) is 14.5 Å². The van der Waals surface area contributed by atoms with E-state index >= 15 is 0 Å². The first-order valence-electron chi connectivity index (χ1n) is 20.2. The van der Waals surface area contributed by atoms with Crippen molar-refractivity contribution in [1.29, 1.82) is 0 Å². The summed E-state index contributed by atoms with van der Waals surface area (Å²) in [4.78, 5) is 31.3. The molecular weight excluding hydrogens is 624 g/mol. The van der Waals surface area contributed by atoms with Crippen molar-refractivity contribution in [3.8, 4) is 17.2 Å². The zero-order chi connectivity index (χ0) is 34.7. The van der Waals surface area contributed by atoms with Crippen molar-refractivity contribution in [1.82, 2.24) is 9.80 Å². The second-order valence-electron chi connectivity index (χ2n) is 16.2. The van der Waals surface area contributed by atoms with Gasteiger partial charge in [0.1, 0.15) is 11.9 Å². The molecule has 2 heterocycles. The SMILES string of the molecule is CCCCN(C(=O)CCCCCCCCCCc1ccccc1)[C@@H]1CC[C@H]2[C@H]3Cc4c(O)cc(OC(C)=O)c5c4[C@@]2(CCN3CC2CC2)[C@H]1O5. The Balaban J connectivity index is 1.01. The first-order chi connectivity index (χ1) is 24.4. The number of likely N-dealkylation sites (tertiary alicyclic amines) is 1. The minimum Gasteiger partial charge on any atom is -0.508 e. The first kappa shape index (κ1) is 35.3. The van der Waals surface area contributed by atoms with Crippen molar-refractivity contribution in [2.75, 3.05) is 19.6 Å². The predicted octanol–water partition coefficient (Wildman–Crippen LogP) is 8.52. The van der Waals surface area contributed by atoms with Crippen LogP contribution in [0.1, 0.15) is 133 Å². The van der Waals surface area contributed by atoms with Gasteiger partial charge in [0.2, 0.25) is 5.91 Å². The minimum absolute atomic E-state index is 0.0255. The maximum Gasteiger partial charge on any atom is 0.308 e. The smallest absolute Gasteiger partial charge is 0.308 e. The highest BCUT2D eigenvalue weighted by Gasteiger charge is 2.67. The number of hydrogen-bond donors (Lipinski definition) is 1. The fourth-order valence-electron chi connectivity index (χ4n) is 10.3. The lowest BCUT2D eigenvalue weighted by Gasteiger charge is -2.60. The van der Waals surface area contributed by atoms with Crippen molar-refractivity contribution in [2.45, 2.75) is 153 Å². The molecule has 0 radical (unpaired) electrons. The molecule has 2 bridgehead atoms. The van der Waals surface area contributed by atoms with Crippen LogP contribution < -0.4 is 9.47 Å². The van der Waals surface area contributed by atoms with E-state index in [1.165, 1.54) is 70.3 Å². The van der Waals surface area contributed by atoms with Crippen LogP contribution in [0.2, 0.25) is 0 Å². The van der Waals surface area contributed by atoms with Gasteiger partial charge in [-0.1, -0.05) is 82.2 Å². The van der Waals surface area contributed by atoms with E-state index in [1.54, 1.807) is 6.07 Å². The number of carbonyl (C=O) groups is 2. The van der Waals surface area contributed by atoms with Crippen LogP contribution in [-0.2, 0) is 27.8 Å². The number of unbranched alkanes of at least 4 members (excludes halogenated alkanes) is 8. The van der Waals surface area contributed by atoms with E-state index in [-0.39, 0.29) is 29.2 Å². The lowest BCUT2D eigenvalue weighted by molar-refractivity contribution is -0.143. The molecule has 5 aliphatic rings. The number of ether oxygens (including phenoxy) is 2. The van der Waals surface area contributed by atoms with E-state index in [2.05, 4.69) is 47.1 Å². The molecule has 0 unspecified atom stereocenters. The van der Waals surface area contributed by atoms with Gasteiger partial charge in [0.05, 0.1) is 6.04 Å². The third-order valence-electron chi connectivity index (χ3n) is 12.9. The highest BCUT2D eigenvalue weighted by Crippen LogP contribution is 2.66. The van der Waals surface area contributed by atoms with E-state index in [1.807, 2.05) is 0 Å². The Morgan fingerprint density at radius 1 is 0.980 bits per heavy atom. The molecule has 1 saturated heterocycles. The van der Waals surface area contributed by atoms with Gasteiger partial charge in [-0.2, -0.15) is 0 Å². The Hall–Kier alpha value is -3.06. The highest BCUT2D eigenvalue weighted by atomic mass is 16.6. The molecule has 2 aromatic rings. The Morgan fingerprint density at radius 3 is 2.44 bits per heavy atom. The molecule has 1 N–H and O–H groups in total. The largest absolute Gasteiger partial charge is 0.508 e. The van der Waals surface area contributed by atoms with E-state index in [9.17, 15) is 14.7 Å². The molecule has 7 nitrogen and oxygen atoms in total. The number of phenols is 1. The third-order valence-corrected chi connectivity index (χ3v) is 12.9. The van der Waals surface area contributed by atoms with Crippen LogP contribution in [0.15, 0.2) is 36.4 Å². The Labute approximate surface area is 300 Å². The number of hydrogen-bond acceptors (Lipinski definition) is 6. The molecule has 1 spiro atoms. The first-order valence-corrected chi connectivity index (χ1v) is 20.2. The zero-order valence-electron chi connectivity index (χ0n) is 30.7. The summed E-state index contributed by atoms with van der Waals surface area (Å²) < 4.78 is 12.7. The number of amides is 1. The van der Waals surface area contributed by atoms with Crippen LogP contribution in [0.3, 0.4) is 0 Å². The Bertz CT molecular complexity index is 1490. The summed E-state index contributed by atoms with van der Waals surface area (Å²) in [6.45, 7) is 6.52. The second-order valence-corrected chi connectivity index (χ2v) is 16.2. The fraction of sp³-hybridized carbons (Fsp3) is 0.674. The highest BCUT2D eigenvalue weighted by molar-refractivity contribution is 5.77. The molecule has 2 saturated carbocycles. The topological polar surface area (TPSA) is 79.3 Å². The molecule has 3 aliphatic carbocycles. The van der Waals surface area contributed by atoms with E-state index < -0.39 is 5.97 Å². The summed E-state index contributed by atoms with van der Waals surface area (Å²) in [5, 5.41) is 11.4. The molecule has 7 rings (SSSR count). The molecule has 7 heteroatoms. The molecule has 0 aromatic heterocycles. The number of benzene rings is 2. The molecule has 50 heavy (non-hydrogen) atoms. The number of rotatable bonds is 18. The summed E-state index contributed by atoms with van der Waals surface area (Å²) in [5.41, 5.74) is 3.22. The lowest BCUT2D eigenvalue weighted by atomic mass is 9.50. The summed E-state index contributed by atoms with van der Waals surface area (Å²) in [7, 11) is 0. The Morgan fingerprint density at radius 2 is 1.72 bits per heavy atom. The van der Waals surface area contributed by atoms with Crippen molar-refractivity contribution < 1.29 is 24.2 Å². The summed E-state index contributed by atoms with van der Waals surface area (Å²) in [6.07, 6.45) is 19.6.